The number of hydrogen-bond acceptors (Lipinski definition) is 7. The van der Waals surface area contributed by atoms with Crippen molar-refractivity contribution in [1.82, 2.24) is 19.9 Å². The van der Waals surface area contributed by atoms with E-state index in [0.717, 1.165) is 10.9 Å². The predicted octanol–water partition coefficient (Wildman–Crippen LogP) is 5.07. The van der Waals surface area contributed by atoms with Crippen molar-refractivity contribution in [2.45, 2.75) is 37.3 Å². The first-order chi connectivity index (χ1) is 16.4. The van der Waals surface area contributed by atoms with Crippen LogP contribution in [0.4, 0.5) is 37.1 Å². The summed E-state index contributed by atoms with van der Waals surface area (Å²) >= 11 is 6.11. The van der Waals surface area contributed by atoms with Crippen molar-refractivity contribution in [2.75, 3.05) is 18.1 Å². The highest BCUT2D eigenvalue weighted by atomic mass is 35.5. The molecule has 2 atom stereocenters. The Morgan fingerprint density at radius 1 is 1.09 bits per heavy atom. The molecule has 35 heavy (non-hydrogen) atoms. The molecule has 3 aromatic rings. The smallest absolute Gasteiger partial charge is 0.430 e. The number of alkyl halides is 6. The number of nitrogens with zero attached hydrogens (tertiary/aromatic N) is 4. The average Bonchev–Trinajstić information content (AvgIpc) is 3.35. The molecule has 186 valence electrons. The fourth-order valence-electron chi connectivity index (χ4n) is 4.30. The van der Waals surface area contributed by atoms with Gasteiger partial charge >= 0.3 is 18.5 Å². The summed E-state index contributed by atoms with van der Waals surface area (Å²) in [6, 6.07) is 4.20. The Morgan fingerprint density at radius 2 is 1.77 bits per heavy atom. The molecule has 0 saturated carbocycles. The number of nitrogens with one attached hydrogen (secondary N) is 1. The van der Waals surface area contributed by atoms with Gasteiger partial charge in [-0.05, 0) is 30.2 Å². The highest BCUT2D eigenvalue weighted by Crippen LogP contribution is 2.41. The summed E-state index contributed by atoms with van der Waals surface area (Å²) in [5.41, 5.74) is 1.97. The van der Waals surface area contributed by atoms with E-state index < -0.39 is 48.3 Å². The van der Waals surface area contributed by atoms with Gasteiger partial charge in [-0.25, -0.2) is 9.78 Å². The van der Waals surface area contributed by atoms with Crippen molar-refractivity contribution in [2.24, 2.45) is 0 Å². The molecular formula is C20H14ClF6N5O3. The number of H-pyrrole nitrogens is 1. The number of rotatable bonds is 3. The summed E-state index contributed by atoms with van der Waals surface area (Å²) < 4.78 is 90.0. The highest BCUT2D eigenvalue weighted by molar-refractivity contribution is 6.31. The number of aromatic amines is 1. The van der Waals surface area contributed by atoms with E-state index in [0.29, 0.717) is 16.2 Å². The lowest BCUT2D eigenvalue weighted by molar-refractivity contribution is -0.155. The van der Waals surface area contributed by atoms with E-state index in [1.807, 2.05) is 0 Å². The molecule has 1 N–H and O–H groups in total. The minimum atomic E-state index is -5.24. The number of anilines is 1. The van der Waals surface area contributed by atoms with Crippen molar-refractivity contribution in [3.63, 3.8) is 0 Å². The lowest BCUT2D eigenvalue weighted by atomic mass is 9.94. The Labute approximate surface area is 197 Å². The first-order valence-corrected chi connectivity index (χ1v) is 10.6. The van der Waals surface area contributed by atoms with Gasteiger partial charge in [0.2, 0.25) is 17.6 Å². The quantitative estimate of drug-likeness (QED) is 0.380. The zero-order valence-corrected chi connectivity index (χ0v) is 18.1. The minimum absolute atomic E-state index is 0.00627. The third-order valence-corrected chi connectivity index (χ3v) is 5.97. The van der Waals surface area contributed by atoms with Crippen molar-refractivity contribution in [3.8, 4) is 0 Å². The number of carbonyl (C=O) groups excluding carboxylic acids is 1. The number of ether oxygens (including phenoxy) is 2. The van der Waals surface area contributed by atoms with E-state index in [2.05, 4.69) is 19.9 Å². The number of fused-ring (bicyclic) bond motifs is 3. The van der Waals surface area contributed by atoms with Gasteiger partial charge in [-0.3, -0.25) is 0 Å². The largest absolute Gasteiger partial charge is 0.508 e. The minimum Gasteiger partial charge on any atom is -0.430 e. The molecule has 0 aliphatic carbocycles. The molecule has 0 amide bonds. The Morgan fingerprint density at radius 3 is 2.37 bits per heavy atom. The molecule has 1 saturated heterocycles. The van der Waals surface area contributed by atoms with Gasteiger partial charge in [0.05, 0.1) is 6.04 Å². The second-order valence-electron chi connectivity index (χ2n) is 7.98. The van der Waals surface area contributed by atoms with Crippen LogP contribution < -0.4 is 4.90 Å². The topological polar surface area (TPSA) is 93.2 Å². The van der Waals surface area contributed by atoms with Crippen molar-refractivity contribution >= 4 is 34.6 Å². The molecule has 4 heterocycles. The normalized spacial score (nSPS) is 20.7. The molecular weight excluding hydrogens is 508 g/mol. The van der Waals surface area contributed by atoms with Crippen LogP contribution in [-0.2, 0) is 28.2 Å². The Hall–Kier alpha value is -3.29. The SMILES string of the molecule is O=C1OC[C@@H](C[C@H]2c3[nH]c4ccc(Cl)cc4c3CCN2c2nc(C(F)(F)F)nc(C(F)(F)F)n2)O1. The molecule has 5 rings (SSSR count). The molecule has 8 nitrogen and oxygen atoms in total. The number of halogens is 7. The third-order valence-electron chi connectivity index (χ3n) is 5.74. The van der Waals surface area contributed by atoms with E-state index >= 15 is 0 Å². The molecule has 2 aliphatic rings. The summed E-state index contributed by atoms with van der Waals surface area (Å²) in [7, 11) is 0. The third kappa shape index (κ3) is 4.42. The predicted molar refractivity (Wildman–Crippen MR) is 108 cm³/mol. The van der Waals surface area contributed by atoms with Crippen LogP contribution in [0.25, 0.3) is 10.9 Å². The first-order valence-electron chi connectivity index (χ1n) is 10.2. The average molecular weight is 522 g/mol. The number of cyclic esters (lactones) is 2. The first kappa shape index (κ1) is 23.5. The number of carbonyl (C=O) groups is 1. The molecule has 1 fully saturated rings. The maximum Gasteiger partial charge on any atom is 0.508 e. The number of aromatic nitrogens is 4. The molecule has 1 aromatic carbocycles. The second-order valence-corrected chi connectivity index (χ2v) is 8.42. The van der Waals surface area contributed by atoms with Gasteiger partial charge < -0.3 is 19.4 Å². The van der Waals surface area contributed by atoms with Crippen LogP contribution in [0, 0.1) is 0 Å². The zero-order chi connectivity index (χ0) is 25.1. The lowest BCUT2D eigenvalue weighted by Crippen LogP contribution is -2.39. The molecule has 15 heteroatoms. The van der Waals surface area contributed by atoms with Crippen LogP contribution in [-0.4, -0.2) is 45.3 Å². The Kier molecular flexibility index (Phi) is 5.45. The molecule has 2 aliphatic heterocycles. The van der Waals surface area contributed by atoms with Gasteiger partial charge in [0.25, 0.3) is 0 Å². The Bertz CT molecular complexity index is 1280. The monoisotopic (exact) mass is 521 g/mol. The molecule has 0 bridgehead atoms. The summed E-state index contributed by atoms with van der Waals surface area (Å²) in [4.78, 5) is 25.0. The van der Waals surface area contributed by atoms with E-state index in [-0.39, 0.29) is 26.0 Å². The Balaban J connectivity index is 1.64. The number of benzene rings is 1. The van der Waals surface area contributed by atoms with E-state index in [1.165, 1.54) is 4.90 Å². The van der Waals surface area contributed by atoms with Gasteiger partial charge in [0.1, 0.15) is 12.7 Å². The van der Waals surface area contributed by atoms with Crippen LogP contribution >= 0.6 is 11.6 Å². The van der Waals surface area contributed by atoms with Crippen molar-refractivity contribution < 1.29 is 40.6 Å². The summed E-state index contributed by atoms with van der Waals surface area (Å²) in [6.45, 7) is -0.138. The van der Waals surface area contributed by atoms with Gasteiger partial charge in [0.15, 0.2) is 0 Å². The summed E-state index contributed by atoms with van der Waals surface area (Å²) in [5.74, 6) is -4.71. The van der Waals surface area contributed by atoms with Crippen molar-refractivity contribution in [1.29, 1.82) is 0 Å². The van der Waals surface area contributed by atoms with Crippen LogP contribution in [0.2, 0.25) is 5.02 Å². The second kappa shape index (κ2) is 8.14. The van der Waals surface area contributed by atoms with Gasteiger partial charge in [-0.15, -0.1) is 0 Å². The maximum absolute atomic E-state index is 13.4. The molecule has 0 unspecified atom stereocenters. The highest BCUT2D eigenvalue weighted by Gasteiger charge is 2.44. The van der Waals surface area contributed by atoms with Gasteiger partial charge in [-0.1, -0.05) is 11.6 Å². The summed E-state index contributed by atoms with van der Waals surface area (Å²) in [5, 5.41) is 1.22. The standard InChI is InChI=1S/C20H14ClF6N5O3/c21-8-1-2-12-11(5-8)10-3-4-32(13(14(10)28-12)6-9-7-34-18(33)35-9)17-30-15(19(22,23)24)29-16(31-17)20(25,26)27/h1-2,5,9,13,28H,3-4,6-7H2/t9-,13+/m1/s1. The lowest BCUT2D eigenvalue weighted by Gasteiger charge is -2.36. The van der Waals surface area contributed by atoms with E-state index in [9.17, 15) is 31.1 Å². The molecule has 2 aromatic heterocycles. The van der Waals surface area contributed by atoms with Crippen molar-refractivity contribution in [3.05, 3.63) is 46.1 Å². The van der Waals surface area contributed by atoms with E-state index in [1.54, 1.807) is 18.2 Å². The fraction of sp³-hybridized carbons (Fsp3) is 0.400. The molecule has 0 radical (unpaired) electrons. The van der Waals surface area contributed by atoms with Crippen LogP contribution in [0.1, 0.15) is 35.4 Å². The molecule has 0 spiro atoms. The van der Waals surface area contributed by atoms with Crippen LogP contribution in [0.15, 0.2) is 18.2 Å². The summed E-state index contributed by atoms with van der Waals surface area (Å²) in [6.07, 6.45) is -11.9. The number of hydrogen-bond donors (Lipinski definition) is 1. The van der Waals surface area contributed by atoms with Gasteiger partial charge in [0, 0.05) is 34.6 Å². The maximum atomic E-state index is 13.4. The van der Waals surface area contributed by atoms with Gasteiger partial charge in [-0.2, -0.15) is 36.3 Å². The van der Waals surface area contributed by atoms with E-state index in [4.69, 9.17) is 21.1 Å². The zero-order valence-electron chi connectivity index (χ0n) is 17.4. The fourth-order valence-corrected chi connectivity index (χ4v) is 4.47. The van der Waals surface area contributed by atoms with Crippen LogP contribution in [0.3, 0.4) is 0 Å². The van der Waals surface area contributed by atoms with Crippen LogP contribution in [0.5, 0.6) is 0 Å².